The Kier molecular flexibility index (Phi) is 3.92. The first-order valence-corrected chi connectivity index (χ1v) is 7.81. The third kappa shape index (κ3) is 2.41. The number of fused-ring (bicyclic) bond motifs is 1. The molecule has 0 radical (unpaired) electrons. The van der Waals surface area contributed by atoms with Crippen molar-refractivity contribution in [2.24, 2.45) is 0 Å². The number of quaternary nitrogens is 1. The first kappa shape index (κ1) is 13.8. The monoisotopic (exact) mass is 292 g/mol. The van der Waals surface area contributed by atoms with E-state index in [2.05, 4.69) is 40.3 Å². The number of para-hydroxylation sites is 2. The quantitative estimate of drug-likeness (QED) is 0.834. The third-order valence-electron chi connectivity index (χ3n) is 4.22. The van der Waals surface area contributed by atoms with Gasteiger partial charge in [-0.25, -0.2) is 0 Å². The van der Waals surface area contributed by atoms with E-state index in [1.165, 1.54) is 15.9 Å². The van der Waals surface area contributed by atoms with Crippen molar-refractivity contribution in [1.82, 2.24) is 9.13 Å². The van der Waals surface area contributed by atoms with Crippen molar-refractivity contribution in [2.75, 3.05) is 13.1 Å². The zero-order valence-corrected chi connectivity index (χ0v) is 12.7. The molecule has 2 aromatic rings. The Labute approximate surface area is 124 Å². The van der Waals surface area contributed by atoms with Crippen LogP contribution in [0, 0.1) is 4.77 Å². The fraction of sp³-hybridized carbons (Fsp3) is 0.533. The molecule has 1 aromatic carbocycles. The number of piperidine rings is 1. The maximum Gasteiger partial charge on any atom is 0.185 e. The Hall–Kier alpha value is -1.17. The molecule has 2 heterocycles. The Morgan fingerprint density at radius 1 is 1.30 bits per heavy atom. The fourth-order valence-electron chi connectivity index (χ4n) is 3.22. The molecule has 1 saturated heterocycles. The highest BCUT2D eigenvalue weighted by Gasteiger charge is 2.22. The minimum atomic E-state index is -0.160. The zero-order valence-electron chi connectivity index (χ0n) is 11.9. The van der Waals surface area contributed by atoms with Crippen LogP contribution in [0.15, 0.2) is 24.3 Å². The minimum Gasteiger partial charge on any atom is -0.387 e. The van der Waals surface area contributed by atoms with E-state index in [9.17, 15) is 5.11 Å². The number of aryl methyl sites for hydroxylation is 1. The largest absolute Gasteiger partial charge is 0.387 e. The molecule has 0 aliphatic carbocycles. The number of imidazole rings is 1. The van der Waals surface area contributed by atoms with Crippen molar-refractivity contribution >= 4 is 23.3 Å². The molecule has 5 heteroatoms. The summed E-state index contributed by atoms with van der Waals surface area (Å²) in [4.78, 5) is 1.42. The molecular formula is C15H22N3OS+. The van der Waals surface area contributed by atoms with Gasteiger partial charge in [0.1, 0.15) is 12.6 Å². The summed E-state index contributed by atoms with van der Waals surface area (Å²) in [5, 5.41) is 9.83. The van der Waals surface area contributed by atoms with Crippen LogP contribution in [0.25, 0.3) is 11.0 Å². The molecule has 2 N–H and O–H groups in total. The highest BCUT2D eigenvalue weighted by atomic mass is 32.1. The van der Waals surface area contributed by atoms with Crippen molar-refractivity contribution in [3.63, 3.8) is 0 Å². The van der Waals surface area contributed by atoms with Gasteiger partial charge in [-0.15, -0.1) is 0 Å². The van der Waals surface area contributed by atoms with Crippen LogP contribution in [0.4, 0.5) is 0 Å². The Balaban J connectivity index is 1.99. The van der Waals surface area contributed by atoms with Crippen LogP contribution < -0.4 is 4.90 Å². The molecule has 0 amide bonds. The lowest BCUT2D eigenvalue weighted by atomic mass is 10.1. The molecule has 1 aliphatic heterocycles. The van der Waals surface area contributed by atoms with Gasteiger partial charge in [-0.1, -0.05) is 12.1 Å². The molecule has 1 unspecified atom stereocenters. The second kappa shape index (κ2) is 5.68. The van der Waals surface area contributed by atoms with E-state index in [0.29, 0.717) is 0 Å². The van der Waals surface area contributed by atoms with E-state index in [1.807, 2.05) is 0 Å². The van der Waals surface area contributed by atoms with E-state index in [-0.39, 0.29) is 6.10 Å². The van der Waals surface area contributed by atoms with E-state index >= 15 is 0 Å². The van der Waals surface area contributed by atoms with Crippen LogP contribution in [-0.2, 0) is 13.2 Å². The van der Waals surface area contributed by atoms with E-state index < -0.39 is 0 Å². The summed E-state index contributed by atoms with van der Waals surface area (Å²) in [5.74, 6) is 0. The van der Waals surface area contributed by atoms with Gasteiger partial charge in [-0.3, -0.25) is 4.57 Å². The van der Waals surface area contributed by atoms with Gasteiger partial charge < -0.3 is 14.6 Å². The predicted octanol–water partition coefficient (Wildman–Crippen LogP) is 1.19. The summed E-state index contributed by atoms with van der Waals surface area (Å²) in [6.45, 7) is 5.82. The third-order valence-corrected chi connectivity index (χ3v) is 4.66. The summed E-state index contributed by atoms with van der Waals surface area (Å²) >= 11 is 5.64. The molecule has 0 bridgehead atoms. The smallest absolute Gasteiger partial charge is 0.185 e. The molecule has 1 aromatic heterocycles. The number of benzene rings is 1. The number of rotatable bonds is 3. The van der Waals surface area contributed by atoms with E-state index in [1.54, 1.807) is 0 Å². The fourth-order valence-corrected chi connectivity index (χ4v) is 3.61. The molecule has 1 aliphatic rings. The van der Waals surface area contributed by atoms with Crippen LogP contribution in [-0.4, -0.2) is 33.4 Å². The standard InChI is InChI=1S/C15H21N3OS/c1-2-17-13-7-3-4-8-14(13)18(15(17)20)11-16-9-5-6-12(19)10-16/h3-4,7-8,12,19H,2,5-6,9-11H2,1H3/p+1/t12-/m0/s1. The zero-order chi connectivity index (χ0) is 14.1. The topological polar surface area (TPSA) is 34.5 Å². The second-order valence-corrected chi connectivity index (χ2v) is 5.97. The van der Waals surface area contributed by atoms with Crippen molar-refractivity contribution in [3.8, 4) is 0 Å². The van der Waals surface area contributed by atoms with Crippen LogP contribution in [0.2, 0.25) is 0 Å². The normalized spacial score (nSPS) is 23.3. The maximum absolute atomic E-state index is 9.83. The highest BCUT2D eigenvalue weighted by molar-refractivity contribution is 7.71. The van der Waals surface area contributed by atoms with E-state index in [0.717, 1.165) is 43.9 Å². The molecule has 2 atom stereocenters. The first-order chi connectivity index (χ1) is 9.70. The van der Waals surface area contributed by atoms with E-state index in [4.69, 9.17) is 12.2 Å². The molecule has 20 heavy (non-hydrogen) atoms. The van der Waals surface area contributed by atoms with Crippen molar-refractivity contribution in [2.45, 2.75) is 39.1 Å². The van der Waals surface area contributed by atoms with Gasteiger partial charge >= 0.3 is 0 Å². The molecule has 108 valence electrons. The lowest BCUT2D eigenvalue weighted by molar-refractivity contribution is -0.930. The van der Waals surface area contributed by atoms with Gasteiger partial charge in [-0.2, -0.15) is 0 Å². The van der Waals surface area contributed by atoms with Crippen LogP contribution in [0.3, 0.4) is 0 Å². The van der Waals surface area contributed by atoms with Gasteiger partial charge in [0.25, 0.3) is 0 Å². The summed E-state index contributed by atoms with van der Waals surface area (Å²) < 4.78 is 5.30. The lowest BCUT2D eigenvalue weighted by Gasteiger charge is -2.27. The summed E-state index contributed by atoms with van der Waals surface area (Å²) in [5.41, 5.74) is 2.41. The van der Waals surface area contributed by atoms with Crippen molar-refractivity contribution in [3.05, 3.63) is 29.0 Å². The number of hydrogen-bond acceptors (Lipinski definition) is 2. The molecule has 4 nitrogen and oxygen atoms in total. The number of likely N-dealkylation sites (tertiary alicyclic amines) is 1. The second-order valence-electron chi connectivity index (χ2n) is 5.60. The number of aliphatic hydroxyl groups is 1. The van der Waals surface area contributed by atoms with Crippen molar-refractivity contribution < 1.29 is 10.0 Å². The highest BCUT2D eigenvalue weighted by Crippen LogP contribution is 2.17. The molecule has 3 rings (SSSR count). The Morgan fingerprint density at radius 3 is 2.65 bits per heavy atom. The first-order valence-electron chi connectivity index (χ1n) is 7.40. The molecular weight excluding hydrogens is 270 g/mol. The number of aliphatic hydroxyl groups excluding tert-OH is 1. The SMILES string of the molecule is CCn1c(=S)n(C[NH+]2CCC[C@H](O)C2)c2ccccc21. The van der Waals surface area contributed by atoms with Gasteiger partial charge in [-0.05, 0) is 44.1 Å². The average molecular weight is 292 g/mol. The number of aromatic nitrogens is 2. The Morgan fingerprint density at radius 2 is 2.00 bits per heavy atom. The number of nitrogens with zero attached hydrogens (tertiary/aromatic N) is 2. The molecule has 0 saturated carbocycles. The summed E-state index contributed by atoms with van der Waals surface area (Å²) in [6, 6.07) is 8.39. The van der Waals surface area contributed by atoms with Crippen LogP contribution >= 0.6 is 12.2 Å². The number of hydrogen-bond donors (Lipinski definition) is 2. The lowest BCUT2D eigenvalue weighted by Crippen LogP contribution is -3.13. The van der Waals surface area contributed by atoms with Crippen molar-refractivity contribution in [1.29, 1.82) is 0 Å². The van der Waals surface area contributed by atoms with Gasteiger partial charge in [0.2, 0.25) is 0 Å². The minimum absolute atomic E-state index is 0.160. The molecule has 0 spiro atoms. The average Bonchev–Trinajstić information content (AvgIpc) is 2.72. The maximum atomic E-state index is 9.83. The van der Waals surface area contributed by atoms with Gasteiger partial charge in [0.05, 0.1) is 17.6 Å². The van der Waals surface area contributed by atoms with Crippen LogP contribution in [0.5, 0.6) is 0 Å². The van der Waals surface area contributed by atoms with Gasteiger partial charge in [0, 0.05) is 6.54 Å². The summed E-state index contributed by atoms with van der Waals surface area (Å²) in [6.07, 6.45) is 1.87. The van der Waals surface area contributed by atoms with Gasteiger partial charge in [0.15, 0.2) is 11.4 Å². The Bertz CT molecular complexity index is 661. The van der Waals surface area contributed by atoms with Crippen LogP contribution in [0.1, 0.15) is 19.8 Å². The molecule has 1 fully saturated rings. The summed E-state index contributed by atoms with van der Waals surface area (Å²) in [7, 11) is 0. The number of nitrogens with one attached hydrogen (secondary N) is 1. The predicted molar refractivity (Wildman–Crippen MR) is 82.4 cm³/mol.